The third kappa shape index (κ3) is 3.77. The number of hydrogen-bond donors (Lipinski definition) is 0. The molecule has 3 fully saturated rings. The van der Waals surface area contributed by atoms with Gasteiger partial charge in [0.15, 0.2) is 9.84 Å². The molecule has 4 heteroatoms. The zero-order valence-electron chi connectivity index (χ0n) is 15.0. The predicted molar refractivity (Wildman–Crippen MR) is 97.3 cm³/mol. The summed E-state index contributed by atoms with van der Waals surface area (Å²) in [7, 11) is 2.24. The lowest BCUT2D eigenvalue weighted by atomic mass is 9.94. The first kappa shape index (κ1) is 16.9. The fourth-order valence-corrected chi connectivity index (χ4v) is 7.42. The van der Waals surface area contributed by atoms with E-state index in [1.807, 2.05) is 0 Å². The predicted octanol–water partition coefficient (Wildman–Crippen LogP) is 3.28. The maximum atomic E-state index is 2.98. The molecule has 1 saturated heterocycles. The fraction of sp³-hybridized carbons (Fsp3) is 1.00. The van der Waals surface area contributed by atoms with Crippen LogP contribution in [-0.4, -0.2) is 55.8 Å². The minimum Gasteiger partial charge on any atom is -0.286 e. The van der Waals surface area contributed by atoms with Gasteiger partial charge in [-0.1, -0.05) is 51.9 Å². The summed E-state index contributed by atoms with van der Waals surface area (Å²) in [4.78, 5) is 2.68. The molecule has 128 valence electrons. The van der Waals surface area contributed by atoms with E-state index < -0.39 is 0 Å². The second kappa shape index (κ2) is 8.27. The molecule has 0 aromatic rings. The summed E-state index contributed by atoms with van der Waals surface area (Å²) in [6.07, 6.45) is 18.1. The number of rotatable bonds is 6. The van der Waals surface area contributed by atoms with Crippen molar-refractivity contribution in [2.24, 2.45) is 0 Å². The quantitative estimate of drug-likeness (QED) is 0.695. The van der Waals surface area contributed by atoms with Crippen molar-refractivity contribution in [2.75, 3.05) is 13.6 Å². The van der Waals surface area contributed by atoms with Crippen LogP contribution in [0.15, 0.2) is 0 Å². The van der Waals surface area contributed by atoms with Gasteiger partial charge in [-0.3, -0.25) is 14.0 Å². The topological polar surface area (TPSA) is 9.72 Å². The SMILES string of the molecule is CCCCN(C)C1N(C2CCCCC2)[SiH2]N1C1CCCCC1. The lowest BCUT2D eigenvalue weighted by Gasteiger charge is -2.60. The molecule has 0 bridgehead atoms. The highest BCUT2D eigenvalue weighted by atomic mass is 28.2. The van der Waals surface area contributed by atoms with E-state index in [1.54, 1.807) is 0 Å². The van der Waals surface area contributed by atoms with Gasteiger partial charge in [0.2, 0.25) is 0 Å². The van der Waals surface area contributed by atoms with Crippen LogP contribution in [0.25, 0.3) is 0 Å². The first-order valence-corrected chi connectivity index (χ1v) is 11.3. The zero-order valence-corrected chi connectivity index (χ0v) is 16.4. The fourth-order valence-electron chi connectivity index (χ4n) is 4.89. The second-order valence-corrected chi connectivity index (χ2v) is 9.68. The van der Waals surface area contributed by atoms with E-state index in [1.165, 1.54) is 83.6 Å². The van der Waals surface area contributed by atoms with Crippen LogP contribution >= 0.6 is 0 Å². The third-order valence-corrected chi connectivity index (χ3v) is 8.61. The maximum absolute atomic E-state index is 2.98. The van der Waals surface area contributed by atoms with Crippen LogP contribution in [0.3, 0.4) is 0 Å². The van der Waals surface area contributed by atoms with Gasteiger partial charge in [0, 0.05) is 18.6 Å². The molecule has 0 radical (unpaired) electrons. The molecule has 0 N–H and O–H groups in total. The van der Waals surface area contributed by atoms with Gasteiger partial charge in [0.1, 0.15) is 6.29 Å². The van der Waals surface area contributed by atoms with Crippen molar-refractivity contribution in [3.63, 3.8) is 0 Å². The smallest absolute Gasteiger partial charge is 0.178 e. The minimum absolute atomic E-state index is 0.145. The van der Waals surface area contributed by atoms with Crippen molar-refractivity contribution < 1.29 is 0 Å². The average molecular weight is 324 g/mol. The molecule has 22 heavy (non-hydrogen) atoms. The van der Waals surface area contributed by atoms with Gasteiger partial charge in [-0.2, -0.15) is 0 Å². The zero-order chi connectivity index (χ0) is 15.4. The van der Waals surface area contributed by atoms with Gasteiger partial charge in [0.05, 0.1) is 0 Å². The van der Waals surface area contributed by atoms with Crippen molar-refractivity contribution in [1.29, 1.82) is 0 Å². The molecule has 0 unspecified atom stereocenters. The average Bonchev–Trinajstić information content (AvgIpc) is 2.54. The molecule has 3 aliphatic rings. The first-order chi connectivity index (χ1) is 10.8. The molecular formula is C18H37N3Si. The molecule has 3 rings (SSSR count). The van der Waals surface area contributed by atoms with Crippen LogP contribution in [-0.2, 0) is 0 Å². The normalized spacial score (nSPS) is 31.0. The van der Waals surface area contributed by atoms with Crippen LogP contribution in [0.2, 0.25) is 0 Å². The lowest BCUT2D eigenvalue weighted by Crippen LogP contribution is -2.76. The molecule has 2 aliphatic carbocycles. The Bertz CT molecular complexity index is 302. The van der Waals surface area contributed by atoms with Gasteiger partial charge in [-0.15, -0.1) is 0 Å². The van der Waals surface area contributed by atoms with Crippen LogP contribution in [0, 0.1) is 0 Å². The highest BCUT2D eigenvalue weighted by Crippen LogP contribution is 2.35. The van der Waals surface area contributed by atoms with Crippen LogP contribution in [0.5, 0.6) is 0 Å². The Balaban J connectivity index is 1.62. The molecule has 0 aromatic carbocycles. The largest absolute Gasteiger partial charge is 0.286 e. The molecule has 0 atom stereocenters. The minimum atomic E-state index is -0.145. The number of hydrogen-bond acceptors (Lipinski definition) is 3. The molecule has 2 saturated carbocycles. The monoisotopic (exact) mass is 323 g/mol. The Hall–Kier alpha value is 0.0969. The lowest BCUT2D eigenvalue weighted by molar-refractivity contribution is -0.0803. The first-order valence-electron chi connectivity index (χ1n) is 10.0. The van der Waals surface area contributed by atoms with E-state index in [2.05, 4.69) is 28.0 Å². The second-order valence-electron chi connectivity index (χ2n) is 7.93. The summed E-state index contributed by atoms with van der Waals surface area (Å²) in [5, 5.41) is 0. The van der Waals surface area contributed by atoms with Crippen LogP contribution in [0.4, 0.5) is 0 Å². The third-order valence-electron chi connectivity index (χ3n) is 6.27. The summed E-state index contributed by atoms with van der Waals surface area (Å²) in [6, 6.07) is 1.85. The summed E-state index contributed by atoms with van der Waals surface area (Å²) in [6.45, 7) is 3.60. The molecular weight excluding hydrogens is 286 g/mol. The Morgan fingerprint density at radius 1 is 0.864 bits per heavy atom. The Morgan fingerprint density at radius 3 is 1.82 bits per heavy atom. The summed E-state index contributed by atoms with van der Waals surface area (Å²) in [5.74, 6) is 0. The molecule has 1 aliphatic heterocycles. The van der Waals surface area contributed by atoms with Gasteiger partial charge in [-0.05, 0) is 39.2 Å². The molecule has 3 nitrogen and oxygen atoms in total. The number of nitrogens with zero attached hydrogens (tertiary/aromatic N) is 3. The van der Waals surface area contributed by atoms with E-state index in [0.29, 0.717) is 6.29 Å². The van der Waals surface area contributed by atoms with Crippen molar-refractivity contribution >= 4 is 9.84 Å². The van der Waals surface area contributed by atoms with E-state index in [0.717, 1.165) is 12.1 Å². The molecule has 0 aromatic heterocycles. The van der Waals surface area contributed by atoms with E-state index in [4.69, 9.17) is 0 Å². The molecule has 0 spiro atoms. The van der Waals surface area contributed by atoms with Gasteiger partial charge in [0.25, 0.3) is 0 Å². The summed E-state index contributed by atoms with van der Waals surface area (Å²) < 4.78 is 5.95. The Labute approximate surface area is 140 Å². The van der Waals surface area contributed by atoms with Gasteiger partial charge < -0.3 is 0 Å². The standard InChI is InChI=1S/C18H37N3Si/c1-3-4-15-19(2)18-20(16-11-7-5-8-12-16)22-21(18)17-13-9-6-10-14-17/h16-18H,3-15,22H2,1-2H3. The van der Waals surface area contributed by atoms with Crippen molar-refractivity contribution in [3.8, 4) is 0 Å². The van der Waals surface area contributed by atoms with Crippen molar-refractivity contribution in [3.05, 3.63) is 0 Å². The van der Waals surface area contributed by atoms with Gasteiger partial charge in [-0.25, -0.2) is 0 Å². The van der Waals surface area contributed by atoms with Crippen molar-refractivity contribution in [2.45, 2.75) is 102 Å². The summed E-state index contributed by atoms with van der Waals surface area (Å²) in [5.41, 5.74) is 0. The highest BCUT2D eigenvalue weighted by molar-refractivity contribution is 6.32. The van der Waals surface area contributed by atoms with Crippen LogP contribution in [0.1, 0.15) is 84.0 Å². The van der Waals surface area contributed by atoms with Crippen LogP contribution < -0.4 is 0 Å². The maximum Gasteiger partial charge on any atom is 0.178 e. The van der Waals surface area contributed by atoms with E-state index >= 15 is 0 Å². The number of unbranched alkanes of at least 4 members (excludes halogenated alkanes) is 1. The Kier molecular flexibility index (Phi) is 6.37. The Morgan fingerprint density at radius 2 is 1.36 bits per heavy atom. The van der Waals surface area contributed by atoms with Gasteiger partial charge >= 0.3 is 0 Å². The van der Waals surface area contributed by atoms with E-state index in [-0.39, 0.29) is 9.84 Å². The summed E-state index contributed by atoms with van der Waals surface area (Å²) >= 11 is 0. The van der Waals surface area contributed by atoms with Crippen molar-refractivity contribution in [1.82, 2.24) is 14.0 Å². The van der Waals surface area contributed by atoms with E-state index in [9.17, 15) is 0 Å². The molecule has 0 amide bonds. The highest BCUT2D eigenvalue weighted by Gasteiger charge is 2.45. The molecule has 1 heterocycles.